The molecule has 1 rings (SSSR count). The van der Waals surface area contributed by atoms with Gasteiger partial charge in [0.05, 0.1) is 0 Å². The van der Waals surface area contributed by atoms with Gasteiger partial charge in [-0.2, -0.15) is 0 Å². The third-order valence-corrected chi connectivity index (χ3v) is 1.56. The van der Waals surface area contributed by atoms with Gasteiger partial charge in [-0.25, -0.2) is 4.39 Å². The normalized spacial score (nSPS) is 9.50. The summed E-state index contributed by atoms with van der Waals surface area (Å²) >= 11 is 4.62. The highest BCUT2D eigenvalue weighted by molar-refractivity contribution is 7.80. The lowest BCUT2D eigenvalue weighted by Crippen LogP contribution is -2.19. The smallest absolute Gasteiger partial charge is 0.168 e. The van der Waals surface area contributed by atoms with E-state index in [9.17, 15) is 4.39 Å². The van der Waals surface area contributed by atoms with Crippen molar-refractivity contribution < 1.29 is 4.39 Å². The molecular formula is C8H9FN2S. The van der Waals surface area contributed by atoms with Gasteiger partial charge in [-0.05, 0) is 36.8 Å². The van der Waals surface area contributed by atoms with E-state index in [-0.39, 0.29) is 10.9 Å². The van der Waals surface area contributed by atoms with E-state index in [2.05, 4.69) is 17.5 Å². The van der Waals surface area contributed by atoms with Crippen LogP contribution in [0.3, 0.4) is 0 Å². The largest absolute Gasteiger partial charge is 0.376 e. The maximum atomic E-state index is 12.7. The second-order valence-corrected chi connectivity index (χ2v) is 2.89. The molecule has 0 aliphatic heterocycles. The number of nitrogens with two attached hydrogens (primary N) is 1. The second-order valence-electron chi connectivity index (χ2n) is 2.45. The van der Waals surface area contributed by atoms with Crippen molar-refractivity contribution in [3.8, 4) is 0 Å². The summed E-state index contributed by atoms with van der Waals surface area (Å²) in [5, 5.41) is 2.83. The Morgan fingerprint density at radius 3 is 2.83 bits per heavy atom. The number of aryl methyl sites for hydroxylation is 1. The predicted octanol–water partition coefficient (Wildman–Crippen LogP) is 1.79. The quantitative estimate of drug-likeness (QED) is 0.653. The summed E-state index contributed by atoms with van der Waals surface area (Å²) in [7, 11) is 0. The van der Waals surface area contributed by atoms with Gasteiger partial charge in [0, 0.05) is 5.69 Å². The molecule has 2 nitrogen and oxygen atoms in total. The topological polar surface area (TPSA) is 38.0 Å². The molecule has 0 heterocycles. The molecule has 4 heteroatoms. The van der Waals surface area contributed by atoms with E-state index in [1.54, 1.807) is 6.07 Å². The van der Waals surface area contributed by atoms with Crippen LogP contribution in [0, 0.1) is 12.7 Å². The van der Waals surface area contributed by atoms with Crippen molar-refractivity contribution in [2.75, 3.05) is 5.32 Å². The lowest BCUT2D eigenvalue weighted by Gasteiger charge is -2.06. The fourth-order valence-electron chi connectivity index (χ4n) is 0.862. The van der Waals surface area contributed by atoms with Crippen LogP contribution in [-0.2, 0) is 0 Å². The van der Waals surface area contributed by atoms with Gasteiger partial charge < -0.3 is 11.1 Å². The molecule has 12 heavy (non-hydrogen) atoms. The van der Waals surface area contributed by atoms with Gasteiger partial charge in [-0.3, -0.25) is 0 Å². The molecule has 0 saturated heterocycles. The monoisotopic (exact) mass is 184 g/mol. The van der Waals surface area contributed by atoms with E-state index in [1.165, 1.54) is 12.1 Å². The first kappa shape index (κ1) is 8.93. The molecule has 0 bridgehead atoms. The third kappa shape index (κ3) is 2.17. The lowest BCUT2D eigenvalue weighted by atomic mass is 10.2. The van der Waals surface area contributed by atoms with E-state index in [1.807, 2.05) is 6.92 Å². The van der Waals surface area contributed by atoms with Crippen LogP contribution in [0.15, 0.2) is 18.2 Å². The van der Waals surface area contributed by atoms with Crippen molar-refractivity contribution in [2.24, 2.45) is 5.73 Å². The van der Waals surface area contributed by atoms with Crippen molar-refractivity contribution in [1.82, 2.24) is 0 Å². The summed E-state index contributed by atoms with van der Waals surface area (Å²) in [4.78, 5) is 0. The summed E-state index contributed by atoms with van der Waals surface area (Å²) in [5.74, 6) is -0.306. The summed E-state index contributed by atoms with van der Waals surface area (Å²) in [6.45, 7) is 1.85. The molecule has 0 aliphatic carbocycles. The fourth-order valence-corrected chi connectivity index (χ4v) is 0.972. The molecule has 3 N–H and O–H groups in total. The molecule has 0 amide bonds. The highest BCUT2D eigenvalue weighted by Crippen LogP contribution is 2.15. The number of thiocarbonyl (C=S) groups is 1. The maximum absolute atomic E-state index is 12.7. The molecule has 64 valence electrons. The van der Waals surface area contributed by atoms with Crippen molar-refractivity contribution in [3.05, 3.63) is 29.6 Å². The van der Waals surface area contributed by atoms with Gasteiger partial charge >= 0.3 is 0 Å². The fraction of sp³-hybridized carbons (Fsp3) is 0.125. The third-order valence-electron chi connectivity index (χ3n) is 1.46. The van der Waals surface area contributed by atoms with Gasteiger partial charge in [-0.15, -0.1) is 0 Å². The van der Waals surface area contributed by atoms with Gasteiger partial charge in [0.15, 0.2) is 5.11 Å². The standard InChI is InChI=1S/C8H9FN2S/c1-5-2-3-6(9)4-7(5)11-8(10)12/h2-4H,1H3,(H3,10,11,12). The minimum atomic E-state index is -0.306. The lowest BCUT2D eigenvalue weighted by molar-refractivity contribution is 0.628. The van der Waals surface area contributed by atoms with E-state index in [0.717, 1.165) is 5.56 Å². The Labute approximate surface area is 75.6 Å². The number of anilines is 1. The van der Waals surface area contributed by atoms with Crippen LogP contribution >= 0.6 is 12.2 Å². The molecule has 0 aromatic heterocycles. The maximum Gasteiger partial charge on any atom is 0.168 e. The number of benzene rings is 1. The van der Waals surface area contributed by atoms with Crippen LogP contribution < -0.4 is 11.1 Å². The number of hydrogen-bond donors (Lipinski definition) is 2. The van der Waals surface area contributed by atoms with E-state index >= 15 is 0 Å². The summed E-state index contributed by atoms with van der Waals surface area (Å²) in [6, 6.07) is 4.41. The second kappa shape index (κ2) is 3.49. The number of hydrogen-bond acceptors (Lipinski definition) is 1. The summed E-state index contributed by atoms with van der Waals surface area (Å²) < 4.78 is 12.7. The van der Waals surface area contributed by atoms with Crippen LogP contribution in [0.25, 0.3) is 0 Å². The minimum absolute atomic E-state index is 0.142. The Morgan fingerprint density at radius 1 is 1.58 bits per heavy atom. The van der Waals surface area contributed by atoms with Crippen molar-refractivity contribution in [2.45, 2.75) is 6.92 Å². The van der Waals surface area contributed by atoms with Crippen LogP contribution in [0.4, 0.5) is 10.1 Å². The molecule has 0 unspecified atom stereocenters. The highest BCUT2D eigenvalue weighted by atomic mass is 32.1. The number of halogens is 1. The Hall–Kier alpha value is -1.16. The molecule has 0 fully saturated rings. The molecular weight excluding hydrogens is 175 g/mol. The summed E-state index contributed by atoms with van der Waals surface area (Å²) in [6.07, 6.45) is 0. The first-order chi connectivity index (χ1) is 5.59. The predicted molar refractivity (Wildman–Crippen MR) is 51.5 cm³/mol. The molecule has 0 radical (unpaired) electrons. The molecule has 1 aromatic carbocycles. The van der Waals surface area contributed by atoms with Crippen molar-refractivity contribution >= 4 is 23.0 Å². The van der Waals surface area contributed by atoms with Crippen LogP contribution in [0.2, 0.25) is 0 Å². The first-order valence-electron chi connectivity index (χ1n) is 3.42. The number of nitrogens with one attached hydrogen (secondary N) is 1. The SMILES string of the molecule is Cc1ccc(F)cc1NC(N)=S. The minimum Gasteiger partial charge on any atom is -0.376 e. The van der Waals surface area contributed by atoms with Crippen LogP contribution in [-0.4, -0.2) is 5.11 Å². The zero-order valence-corrected chi connectivity index (χ0v) is 7.41. The van der Waals surface area contributed by atoms with Gasteiger partial charge in [0.25, 0.3) is 0 Å². The zero-order chi connectivity index (χ0) is 9.14. The molecule has 1 aromatic rings. The van der Waals surface area contributed by atoms with Gasteiger partial charge in [-0.1, -0.05) is 6.07 Å². The Balaban J connectivity index is 2.97. The molecule has 0 spiro atoms. The molecule has 0 saturated carbocycles. The highest BCUT2D eigenvalue weighted by Gasteiger charge is 1.99. The Bertz CT molecular complexity index is 312. The van der Waals surface area contributed by atoms with Crippen molar-refractivity contribution in [3.63, 3.8) is 0 Å². The first-order valence-corrected chi connectivity index (χ1v) is 3.83. The van der Waals surface area contributed by atoms with Crippen LogP contribution in [0.1, 0.15) is 5.56 Å². The van der Waals surface area contributed by atoms with E-state index < -0.39 is 0 Å². The average molecular weight is 184 g/mol. The zero-order valence-electron chi connectivity index (χ0n) is 6.60. The Kier molecular flexibility index (Phi) is 2.60. The van der Waals surface area contributed by atoms with E-state index in [4.69, 9.17) is 5.73 Å². The van der Waals surface area contributed by atoms with E-state index in [0.29, 0.717) is 5.69 Å². The number of rotatable bonds is 1. The Morgan fingerprint density at radius 2 is 2.25 bits per heavy atom. The molecule has 0 atom stereocenters. The van der Waals surface area contributed by atoms with Crippen molar-refractivity contribution in [1.29, 1.82) is 0 Å². The van der Waals surface area contributed by atoms with Gasteiger partial charge in [0.2, 0.25) is 0 Å². The summed E-state index contributed by atoms with van der Waals surface area (Å²) in [5.41, 5.74) is 6.76. The molecule has 0 aliphatic rings. The van der Waals surface area contributed by atoms with Crippen LogP contribution in [0.5, 0.6) is 0 Å². The van der Waals surface area contributed by atoms with Gasteiger partial charge in [0.1, 0.15) is 5.82 Å². The average Bonchev–Trinajstić information content (AvgIpc) is 1.96.